The highest BCUT2D eigenvalue weighted by Crippen LogP contribution is 2.41. The van der Waals surface area contributed by atoms with Crippen LogP contribution in [0.1, 0.15) is 0 Å². The molecule has 0 aliphatic carbocycles. The Morgan fingerprint density at radius 3 is 1.57 bits per heavy atom. The molecule has 0 spiro atoms. The number of hydrogen-bond acceptors (Lipinski definition) is 4. The number of furan rings is 1. The van der Waals surface area contributed by atoms with E-state index in [2.05, 4.69) is 140 Å². The van der Waals surface area contributed by atoms with E-state index in [0.717, 1.165) is 60.7 Å². The standard InChI is InChI=1S/C47H29N3O/c1-3-12-31(13-4-1)40-27-37(28-42-41-26-35-17-7-8-18-36(35)29-43(41)51-44(40)42)47-49-45(33-15-5-2-6-16-33)48-46(50-47)34-24-22-32(23-25-34)39-21-11-19-30-14-9-10-20-38(30)39/h1-29H. The number of hydrogen-bond donors (Lipinski definition) is 0. The molecule has 0 aliphatic rings. The molecule has 0 radical (unpaired) electrons. The fraction of sp³-hybridized carbons (Fsp3) is 0. The van der Waals surface area contributed by atoms with E-state index in [1.54, 1.807) is 0 Å². The first-order valence-corrected chi connectivity index (χ1v) is 17.1. The van der Waals surface area contributed by atoms with Gasteiger partial charge in [0, 0.05) is 33.0 Å². The van der Waals surface area contributed by atoms with Gasteiger partial charge >= 0.3 is 0 Å². The molecule has 0 bridgehead atoms. The molecule has 51 heavy (non-hydrogen) atoms. The molecular formula is C47H29N3O. The first-order valence-electron chi connectivity index (χ1n) is 17.1. The van der Waals surface area contributed by atoms with Crippen molar-refractivity contribution in [3.8, 4) is 56.4 Å². The van der Waals surface area contributed by atoms with E-state index < -0.39 is 0 Å². The number of benzene rings is 8. The van der Waals surface area contributed by atoms with E-state index in [1.165, 1.54) is 21.7 Å². The average Bonchev–Trinajstić information content (AvgIpc) is 3.57. The van der Waals surface area contributed by atoms with Crippen LogP contribution in [0.15, 0.2) is 180 Å². The summed E-state index contributed by atoms with van der Waals surface area (Å²) in [7, 11) is 0. The van der Waals surface area contributed by atoms with Crippen molar-refractivity contribution in [2.75, 3.05) is 0 Å². The van der Waals surface area contributed by atoms with Crippen molar-refractivity contribution in [2.24, 2.45) is 0 Å². The summed E-state index contributed by atoms with van der Waals surface area (Å²) < 4.78 is 6.64. The second-order valence-electron chi connectivity index (χ2n) is 12.8. The normalized spacial score (nSPS) is 11.5. The van der Waals surface area contributed by atoms with Crippen LogP contribution in [0.25, 0.3) is 99.9 Å². The molecule has 0 amide bonds. The molecule has 0 aliphatic heterocycles. The fourth-order valence-corrected chi connectivity index (χ4v) is 7.15. The van der Waals surface area contributed by atoms with E-state index in [-0.39, 0.29) is 0 Å². The molecule has 0 unspecified atom stereocenters. The summed E-state index contributed by atoms with van der Waals surface area (Å²) in [4.78, 5) is 15.3. The lowest BCUT2D eigenvalue weighted by molar-refractivity contribution is 0.670. The Hall–Kier alpha value is -6.91. The van der Waals surface area contributed by atoms with Gasteiger partial charge in [0.2, 0.25) is 0 Å². The molecule has 2 aromatic heterocycles. The van der Waals surface area contributed by atoms with Gasteiger partial charge in [-0.2, -0.15) is 0 Å². The third-order valence-electron chi connectivity index (χ3n) is 9.69. The third kappa shape index (κ3) is 5.13. The first kappa shape index (κ1) is 29.0. The van der Waals surface area contributed by atoms with Gasteiger partial charge in [-0.05, 0) is 62.5 Å². The Morgan fingerprint density at radius 1 is 0.314 bits per heavy atom. The van der Waals surface area contributed by atoms with Crippen LogP contribution in [0.4, 0.5) is 0 Å². The van der Waals surface area contributed by atoms with Gasteiger partial charge in [0.05, 0.1) is 0 Å². The SMILES string of the molecule is c1ccc(-c2nc(-c3ccc(-c4cccc5ccccc45)cc3)nc(-c3cc(-c4ccccc4)c4oc5cc6ccccc6cc5c4c3)n2)cc1. The zero-order chi connectivity index (χ0) is 33.7. The van der Waals surface area contributed by atoms with Crippen LogP contribution in [0.5, 0.6) is 0 Å². The molecule has 0 saturated carbocycles. The maximum absolute atomic E-state index is 6.64. The Balaban J connectivity index is 1.17. The largest absolute Gasteiger partial charge is 0.455 e. The van der Waals surface area contributed by atoms with Gasteiger partial charge in [-0.3, -0.25) is 0 Å². The van der Waals surface area contributed by atoms with E-state index in [4.69, 9.17) is 19.4 Å². The molecule has 0 N–H and O–H groups in total. The zero-order valence-corrected chi connectivity index (χ0v) is 27.5. The Bertz CT molecular complexity index is 2890. The maximum Gasteiger partial charge on any atom is 0.164 e. The molecule has 0 fully saturated rings. The Kier molecular flexibility index (Phi) is 6.78. The summed E-state index contributed by atoms with van der Waals surface area (Å²) in [5.41, 5.74) is 8.84. The molecule has 0 atom stereocenters. The molecule has 238 valence electrons. The lowest BCUT2D eigenvalue weighted by Crippen LogP contribution is -2.00. The lowest BCUT2D eigenvalue weighted by atomic mass is 9.97. The Morgan fingerprint density at radius 2 is 0.843 bits per heavy atom. The van der Waals surface area contributed by atoms with Crippen LogP contribution in [0.3, 0.4) is 0 Å². The summed E-state index contributed by atoms with van der Waals surface area (Å²) in [6.07, 6.45) is 0. The minimum atomic E-state index is 0.603. The second kappa shape index (κ2) is 11.9. The van der Waals surface area contributed by atoms with Gasteiger partial charge in [-0.15, -0.1) is 0 Å². The summed E-state index contributed by atoms with van der Waals surface area (Å²) in [6.45, 7) is 0. The van der Waals surface area contributed by atoms with Crippen LogP contribution in [-0.2, 0) is 0 Å². The minimum absolute atomic E-state index is 0.603. The number of aromatic nitrogens is 3. The second-order valence-corrected chi connectivity index (χ2v) is 12.8. The number of nitrogens with zero attached hydrogens (tertiary/aromatic N) is 3. The summed E-state index contributed by atoms with van der Waals surface area (Å²) in [5, 5.41) is 6.84. The van der Waals surface area contributed by atoms with Crippen molar-refractivity contribution >= 4 is 43.5 Å². The molecule has 4 nitrogen and oxygen atoms in total. The molecule has 8 aromatic carbocycles. The highest BCUT2D eigenvalue weighted by molar-refractivity contribution is 6.14. The summed E-state index contributed by atoms with van der Waals surface area (Å²) in [6, 6.07) is 61.0. The lowest BCUT2D eigenvalue weighted by Gasteiger charge is -2.11. The topological polar surface area (TPSA) is 51.8 Å². The van der Waals surface area contributed by atoms with E-state index in [0.29, 0.717) is 17.5 Å². The molecule has 0 saturated heterocycles. The maximum atomic E-state index is 6.64. The predicted octanol–water partition coefficient (Wildman–Crippen LogP) is 12.4. The summed E-state index contributed by atoms with van der Waals surface area (Å²) in [5.74, 6) is 1.84. The van der Waals surface area contributed by atoms with Crippen molar-refractivity contribution in [2.45, 2.75) is 0 Å². The number of fused-ring (bicyclic) bond motifs is 5. The van der Waals surface area contributed by atoms with Crippen LogP contribution < -0.4 is 0 Å². The van der Waals surface area contributed by atoms with Crippen molar-refractivity contribution in [1.82, 2.24) is 15.0 Å². The van der Waals surface area contributed by atoms with E-state index in [1.807, 2.05) is 36.4 Å². The summed E-state index contributed by atoms with van der Waals surface area (Å²) >= 11 is 0. The molecule has 4 heteroatoms. The van der Waals surface area contributed by atoms with Crippen LogP contribution in [0, 0.1) is 0 Å². The van der Waals surface area contributed by atoms with Crippen LogP contribution in [0.2, 0.25) is 0 Å². The van der Waals surface area contributed by atoms with E-state index >= 15 is 0 Å². The highest BCUT2D eigenvalue weighted by Gasteiger charge is 2.19. The van der Waals surface area contributed by atoms with Gasteiger partial charge in [0.15, 0.2) is 17.5 Å². The van der Waals surface area contributed by atoms with Crippen molar-refractivity contribution in [3.05, 3.63) is 176 Å². The molecule has 10 aromatic rings. The van der Waals surface area contributed by atoms with Gasteiger partial charge < -0.3 is 4.42 Å². The van der Waals surface area contributed by atoms with Gasteiger partial charge in [0.1, 0.15) is 11.2 Å². The average molecular weight is 652 g/mol. The van der Waals surface area contributed by atoms with Crippen LogP contribution >= 0.6 is 0 Å². The minimum Gasteiger partial charge on any atom is -0.455 e. The molecular weight excluding hydrogens is 623 g/mol. The van der Waals surface area contributed by atoms with Gasteiger partial charge in [-0.25, -0.2) is 15.0 Å². The number of rotatable bonds is 5. The molecule has 10 rings (SSSR count). The van der Waals surface area contributed by atoms with Crippen LogP contribution in [-0.4, -0.2) is 15.0 Å². The molecule has 2 heterocycles. The van der Waals surface area contributed by atoms with Crippen molar-refractivity contribution in [3.63, 3.8) is 0 Å². The smallest absolute Gasteiger partial charge is 0.164 e. The Labute approximate surface area is 294 Å². The van der Waals surface area contributed by atoms with Gasteiger partial charge in [0.25, 0.3) is 0 Å². The van der Waals surface area contributed by atoms with E-state index in [9.17, 15) is 0 Å². The predicted molar refractivity (Wildman–Crippen MR) is 209 cm³/mol. The quantitative estimate of drug-likeness (QED) is 0.186. The monoisotopic (exact) mass is 651 g/mol. The third-order valence-corrected chi connectivity index (χ3v) is 9.69. The highest BCUT2D eigenvalue weighted by atomic mass is 16.3. The first-order chi connectivity index (χ1) is 25.2. The van der Waals surface area contributed by atoms with Gasteiger partial charge in [-0.1, -0.05) is 152 Å². The van der Waals surface area contributed by atoms with Crippen molar-refractivity contribution < 1.29 is 4.42 Å². The fourth-order valence-electron chi connectivity index (χ4n) is 7.15. The van der Waals surface area contributed by atoms with Crippen molar-refractivity contribution in [1.29, 1.82) is 0 Å². The zero-order valence-electron chi connectivity index (χ0n) is 27.5.